The van der Waals surface area contributed by atoms with E-state index < -0.39 is 0 Å². The molecular formula is C7H6I2O. The van der Waals surface area contributed by atoms with Gasteiger partial charge >= 0.3 is 0 Å². The molecule has 1 nitrogen and oxygen atoms in total. The Balaban J connectivity index is 3.04. The fourth-order valence-corrected chi connectivity index (χ4v) is 1.43. The van der Waals surface area contributed by atoms with Crippen molar-refractivity contribution >= 4 is 45.2 Å². The molecule has 0 unspecified atom stereocenters. The fourth-order valence-electron chi connectivity index (χ4n) is 0.604. The Hall–Kier alpha value is 0.480. The number of benzene rings is 1. The maximum Gasteiger partial charge on any atom is 0.119 e. The van der Waals surface area contributed by atoms with E-state index in [9.17, 15) is 0 Å². The minimum absolute atomic E-state index is 0.921. The van der Waals surface area contributed by atoms with Crippen LogP contribution in [0.2, 0.25) is 0 Å². The Morgan fingerprint density at radius 1 is 1.20 bits per heavy atom. The van der Waals surface area contributed by atoms with Gasteiger partial charge in [-0.2, -0.15) is 0 Å². The first-order chi connectivity index (χ1) is 4.74. The number of hydrogen-bond donors (Lipinski definition) is 0. The molecule has 0 aliphatic rings. The molecule has 0 aliphatic carbocycles. The second kappa shape index (κ2) is 3.75. The quantitative estimate of drug-likeness (QED) is 0.700. The number of hydrogen-bond acceptors (Lipinski definition) is 1. The van der Waals surface area contributed by atoms with Crippen LogP contribution in [0.15, 0.2) is 18.2 Å². The SMILES string of the molecule is COc1ccc(I)c(I)c1. The van der Waals surface area contributed by atoms with Crippen molar-refractivity contribution in [2.75, 3.05) is 7.11 Å². The molecule has 0 aliphatic heterocycles. The van der Waals surface area contributed by atoms with E-state index in [-0.39, 0.29) is 0 Å². The summed E-state index contributed by atoms with van der Waals surface area (Å²) in [5, 5.41) is 0. The van der Waals surface area contributed by atoms with Crippen LogP contribution in [-0.2, 0) is 0 Å². The summed E-state index contributed by atoms with van der Waals surface area (Å²) in [6, 6.07) is 6.02. The van der Waals surface area contributed by atoms with Crippen molar-refractivity contribution in [2.45, 2.75) is 0 Å². The standard InChI is InChI=1S/C7H6I2O/c1-10-5-2-3-6(8)7(9)4-5/h2-4H,1H3. The van der Waals surface area contributed by atoms with Gasteiger partial charge in [0, 0.05) is 7.14 Å². The van der Waals surface area contributed by atoms with Crippen molar-refractivity contribution < 1.29 is 4.74 Å². The molecule has 1 aromatic carbocycles. The average molecular weight is 360 g/mol. The zero-order valence-corrected chi connectivity index (χ0v) is 9.71. The molecule has 0 aromatic heterocycles. The second-order valence-corrected chi connectivity index (χ2v) is 4.10. The van der Waals surface area contributed by atoms with Crippen molar-refractivity contribution in [2.24, 2.45) is 0 Å². The van der Waals surface area contributed by atoms with Gasteiger partial charge in [0.05, 0.1) is 7.11 Å². The van der Waals surface area contributed by atoms with Crippen LogP contribution in [-0.4, -0.2) is 7.11 Å². The van der Waals surface area contributed by atoms with Gasteiger partial charge in [-0.3, -0.25) is 0 Å². The van der Waals surface area contributed by atoms with Gasteiger partial charge in [0.25, 0.3) is 0 Å². The first-order valence-electron chi connectivity index (χ1n) is 2.73. The van der Waals surface area contributed by atoms with Crippen molar-refractivity contribution in [1.29, 1.82) is 0 Å². The molecule has 0 radical (unpaired) electrons. The molecule has 0 saturated carbocycles. The highest BCUT2D eigenvalue weighted by Gasteiger charge is 1.96. The van der Waals surface area contributed by atoms with Crippen molar-refractivity contribution in [3.8, 4) is 5.75 Å². The Bertz CT molecular complexity index is 235. The summed E-state index contributed by atoms with van der Waals surface area (Å²) in [4.78, 5) is 0. The van der Waals surface area contributed by atoms with Crippen LogP contribution in [0, 0.1) is 7.14 Å². The largest absolute Gasteiger partial charge is 0.497 e. The molecule has 54 valence electrons. The Morgan fingerprint density at radius 2 is 1.90 bits per heavy atom. The van der Waals surface area contributed by atoms with E-state index in [1.54, 1.807) is 7.11 Å². The van der Waals surface area contributed by atoms with E-state index in [1.807, 2.05) is 18.2 Å². The first kappa shape index (κ1) is 8.58. The van der Waals surface area contributed by atoms with Crippen molar-refractivity contribution in [1.82, 2.24) is 0 Å². The summed E-state index contributed by atoms with van der Waals surface area (Å²) in [5.41, 5.74) is 0. The highest BCUT2D eigenvalue weighted by atomic mass is 127. The molecule has 0 bridgehead atoms. The third-order valence-electron chi connectivity index (χ3n) is 1.13. The normalized spacial score (nSPS) is 9.50. The molecule has 0 N–H and O–H groups in total. The smallest absolute Gasteiger partial charge is 0.119 e. The molecule has 1 aromatic rings. The van der Waals surface area contributed by atoms with E-state index >= 15 is 0 Å². The van der Waals surface area contributed by atoms with E-state index in [4.69, 9.17) is 4.74 Å². The third-order valence-corrected chi connectivity index (χ3v) is 3.99. The number of rotatable bonds is 1. The molecule has 0 atom stereocenters. The monoisotopic (exact) mass is 360 g/mol. The van der Waals surface area contributed by atoms with Crippen molar-refractivity contribution in [3.63, 3.8) is 0 Å². The van der Waals surface area contributed by atoms with Gasteiger partial charge in [-0.15, -0.1) is 0 Å². The zero-order valence-electron chi connectivity index (χ0n) is 5.40. The zero-order chi connectivity index (χ0) is 7.56. The van der Waals surface area contributed by atoms with Crippen LogP contribution >= 0.6 is 45.2 Å². The number of halogens is 2. The maximum absolute atomic E-state index is 5.04. The van der Waals surface area contributed by atoms with E-state index in [2.05, 4.69) is 45.2 Å². The van der Waals surface area contributed by atoms with Gasteiger partial charge in [0.1, 0.15) is 5.75 Å². The summed E-state index contributed by atoms with van der Waals surface area (Å²) in [5.74, 6) is 0.921. The highest BCUT2D eigenvalue weighted by molar-refractivity contribution is 14.1. The van der Waals surface area contributed by atoms with E-state index in [1.165, 1.54) is 7.14 Å². The fraction of sp³-hybridized carbons (Fsp3) is 0.143. The highest BCUT2D eigenvalue weighted by Crippen LogP contribution is 2.20. The molecule has 0 heterocycles. The molecule has 0 amide bonds. The van der Waals surface area contributed by atoms with Crippen LogP contribution in [0.3, 0.4) is 0 Å². The molecular weight excluding hydrogens is 354 g/mol. The average Bonchev–Trinajstić information content (AvgIpc) is 1.95. The third kappa shape index (κ3) is 1.98. The molecule has 1 rings (SSSR count). The van der Waals surface area contributed by atoms with Gasteiger partial charge in [-0.1, -0.05) is 0 Å². The van der Waals surface area contributed by atoms with Gasteiger partial charge in [-0.25, -0.2) is 0 Å². The predicted octanol–water partition coefficient (Wildman–Crippen LogP) is 2.90. The van der Waals surface area contributed by atoms with Crippen LogP contribution in [0.1, 0.15) is 0 Å². The summed E-state index contributed by atoms with van der Waals surface area (Å²) >= 11 is 4.58. The Kier molecular flexibility index (Phi) is 3.22. The minimum atomic E-state index is 0.921. The lowest BCUT2D eigenvalue weighted by molar-refractivity contribution is 0.414. The second-order valence-electron chi connectivity index (χ2n) is 1.78. The summed E-state index contributed by atoms with van der Waals surface area (Å²) < 4.78 is 7.54. The Labute approximate surface area is 87.4 Å². The lowest BCUT2D eigenvalue weighted by Crippen LogP contribution is -1.84. The first-order valence-corrected chi connectivity index (χ1v) is 4.89. The summed E-state index contributed by atoms with van der Waals surface area (Å²) in [6.07, 6.45) is 0. The minimum Gasteiger partial charge on any atom is -0.497 e. The van der Waals surface area contributed by atoms with Crippen LogP contribution in [0.25, 0.3) is 0 Å². The number of ether oxygens (including phenoxy) is 1. The predicted molar refractivity (Wildman–Crippen MR) is 58.4 cm³/mol. The summed E-state index contributed by atoms with van der Waals surface area (Å²) in [6.45, 7) is 0. The molecule has 10 heavy (non-hydrogen) atoms. The van der Waals surface area contributed by atoms with E-state index in [0.29, 0.717) is 0 Å². The van der Waals surface area contributed by atoms with Gasteiger partial charge in [0.2, 0.25) is 0 Å². The maximum atomic E-state index is 5.04. The molecule has 0 spiro atoms. The van der Waals surface area contributed by atoms with Crippen LogP contribution < -0.4 is 4.74 Å². The summed E-state index contributed by atoms with van der Waals surface area (Å²) in [7, 11) is 1.68. The lowest BCUT2D eigenvalue weighted by Gasteiger charge is -2.00. The molecule has 0 saturated heterocycles. The lowest BCUT2D eigenvalue weighted by atomic mass is 10.3. The van der Waals surface area contributed by atoms with Crippen LogP contribution in [0.4, 0.5) is 0 Å². The number of methoxy groups -OCH3 is 1. The van der Waals surface area contributed by atoms with Gasteiger partial charge in [-0.05, 0) is 63.4 Å². The Morgan fingerprint density at radius 3 is 2.40 bits per heavy atom. The molecule has 0 fully saturated rings. The van der Waals surface area contributed by atoms with Crippen molar-refractivity contribution in [3.05, 3.63) is 25.3 Å². The topological polar surface area (TPSA) is 9.23 Å². The van der Waals surface area contributed by atoms with Crippen LogP contribution in [0.5, 0.6) is 5.75 Å². The van der Waals surface area contributed by atoms with E-state index in [0.717, 1.165) is 5.75 Å². The van der Waals surface area contributed by atoms with Gasteiger partial charge in [0.15, 0.2) is 0 Å². The molecule has 3 heteroatoms. The van der Waals surface area contributed by atoms with Gasteiger partial charge < -0.3 is 4.74 Å².